The summed E-state index contributed by atoms with van der Waals surface area (Å²) in [6.45, 7) is 1.51. The highest BCUT2D eigenvalue weighted by Gasteiger charge is 2.25. The normalized spacial score (nSPS) is 12.6. The molecular formula is C23H28N3O7+. The van der Waals surface area contributed by atoms with Crippen LogP contribution in [0.5, 0.6) is 23.0 Å². The molecule has 0 spiro atoms. The van der Waals surface area contributed by atoms with E-state index in [0.717, 1.165) is 0 Å². The molecule has 0 fully saturated rings. The summed E-state index contributed by atoms with van der Waals surface area (Å²) in [5.74, 6) is 1.43. The lowest BCUT2D eigenvalue weighted by Gasteiger charge is -2.15. The highest BCUT2D eigenvalue weighted by atomic mass is 16.5. The first-order chi connectivity index (χ1) is 15.8. The van der Waals surface area contributed by atoms with Crippen LogP contribution in [0.1, 0.15) is 6.92 Å². The molecular weight excluding hydrogens is 430 g/mol. The SMILES string of the molecule is COc1ccc(-c2conc2-c2cc(OC)c(OC)c(OC)c2)cc1NC(=O)C([NH3+])C(C)O. The number of methoxy groups -OCH3 is 4. The van der Waals surface area contributed by atoms with Crippen molar-refractivity contribution in [1.29, 1.82) is 0 Å². The Hall–Kier alpha value is -3.76. The predicted molar refractivity (Wildman–Crippen MR) is 121 cm³/mol. The van der Waals surface area contributed by atoms with Crippen LogP contribution in [-0.2, 0) is 4.79 Å². The van der Waals surface area contributed by atoms with Gasteiger partial charge in [-0.3, -0.25) is 4.79 Å². The Labute approximate surface area is 191 Å². The van der Waals surface area contributed by atoms with Gasteiger partial charge in [0.05, 0.1) is 34.1 Å². The van der Waals surface area contributed by atoms with Crippen LogP contribution in [0.4, 0.5) is 5.69 Å². The van der Waals surface area contributed by atoms with E-state index in [4.69, 9.17) is 23.5 Å². The standard InChI is InChI=1S/C23H27N3O7/c1-12(27)20(24)23(28)25-16-8-13(6-7-17(16)29-2)15-11-33-26-21(15)14-9-18(30-3)22(32-5)19(10-14)31-4/h6-12,20,27H,24H2,1-5H3,(H,25,28)/p+1. The summed E-state index contributed by atoms with van der Waals surface area (Å²) < 4.78 is 26.9. The Balaban J connectivity index is 2.06. The Morgan fingerprint density at radius 1 is 1.00 bits per heavy atom. The Bertz CT molecular complexity index is 1100. The number of hydrogen-bond donors (Lipinski definition) is 3. The fourth-order valence-corrected chi connectivity index (χ4v) is 3.29. The van der Waals surface area contributed by atoms with E-state index < -0.39 is 18.1 Å². The maximum Gasteiger partial charge on any atom is 0.285 e. The average Bonchev–Trinajstić information content (AvgIpc) is 3.32. The van der Waals surface area contributed by atoms with Gasteiger partial charge in [-0.15, -0.1) is 0 Å². The maximum absolute atomic E-state index is 12.5. The zero-order chi connectivity index (χ0) is 24.1. The molecule has 0 aliphatic carbocycles. The minimum Gasteiger partial charge on any atom is -0.495 e. The third-order valence-electron chi connectivity index (χ3n) is 5.20. The molecule has 0 radical (unpaired) electrons. The monoisotopic (exact) mass is 458 g/mol. The second kappa shape index (κ2) is 10.2. The van der Waals surface area contributed by atoms with Gasteiger partial charge >= 0.3 is 0 Å². The quantitative estimate of drug-likeness (QED) is 0.442. The molecule has 33 heavy (non-hydrogen) atoms. The van der Waals surface area contributed by atoms with Crippen molar-refractivity contribution in [2.24, 2.45) is 0 Å². The van der Waals surface area contributed by atoms with Crippen molar-refractivity contribution < 1.29 is 39.1 Å². The summed E-state index contributed by atoms with van der Waals surface area (Å²) in [5.41, 5.74) is 6.73. The maximum atomic E-state index is 12.5. The fourth-order valence-electron chi connectivity index (χ4n) is 3.29. The summed E-state index contributed by atoms with van der Waals surface area (Å²) in [6, 6.07) is 7.97. The molecule has 0 saturated carbocycles. The second-order valence-electron chi connectivity index (χ2n) is 7.24. The first kappa shape index (κ1) is 23.9. The van der Waals surface area contributed by atoms with Gasteiger partial charge in [0.15, 0.2) is 17.5 Å². The molecule has 0 bridgehead atoms. The second-order valence-corrected chi connectivity index (χ2v) is 7.24. The van der Waals surface area contributed by atoms with Crippen molar-refractivity contribution in [3.8, 4) is 45.4 Å². The number of nitrogens with one attached hydrogen (secondary N) is 1. The molecule has 1 amide bonds. The van der Waals surface area contributed by atoms with Crippen molar-refractivity contribution in [2.45, 2.75) is 19.1 Å². The number of amides is 1. The number of quaternary nitrogens is 1. The molecule has 1 aromatic heterocycles. The molecule has 0 saturated heterocycles. The van der Waals surface area contributed by atoms with E-state index in [0.29, 0.717) is 51.1 Å². The van der Waals surface area contributed by atoms with Gasteiger partial charge < -0.3 is 39.6 Å². The van der Waals surface area contributed by atoms with Gasteiger partial charge in [-0.1, -0.05) is 11.2 Å². The summed E-state index contributed by atoms with van der Waals surface area (Å²) in [5, 5.41) is 16.6. The molecule has 3 aromatic rings. The number of carbonyl (C=O) groups is 1. The van der Waals surface area contributed by atoms with E-state index in [1.807, 2.05) is 6.07 Å². The number of benzene rings is 2. The zero-order valence-electron chi connectivity index (χ0n) is 19.2. The number of carbonyl (C=O) groups excluding carboxylic acids is 1. The lowest BCUT2D eigenvalue weighted by atomic mass is 10.00. The van der Waals surface area contributed by atoms with Gasteiger partial charge in [-0.25, -0.2) is 0 Å². The number of aliphatic hydroxyl groups is 1. The molecule has 0 aliphatic rings. The van der Waals surface area contributed by atoms with Crippen molar-refractivity contribution in [2.75, 3.05) is 33.8 Å². The zero-order valence-corrected chi connectivity index (χ0v) is 19.2. The first-order valence-electron chi connectivity index (χ1n) is 10.1. The van der Waals surface area contributed by atoms with Crippen molar-refractivity contribution in [3.63, 3.8) is 0 Å². The summed E-state index contributed by atoms with van der Waals surface area (Å²) >= 11 is 0. The number of ether oxygens (including phenoxy) is 4. The highest BCUT2D eigenvalue weighted by Crippen LogP contribution is 2.43. The predicted octanol–water partition coefficient (Wildman–Crippen LogP) is 1.97. The van der Waals surface area contributed by atoms with E-state index in [2.05, 4.69) is 16.2 Å². The van der Waals surface area contributed by atoms with Crippen LogP contribution in [0.25, 0.3) is 22.4 Å². The van der Waals surface area contributed by atoms with Crippen molar-refractivity contribution >= 4 is 11.6 Å². The number of aliphatic hydroxyl groups excluding tert-OH is 1. The summed E-state index contributed by atoms with van der Waals surface area (Å²) in [4.78, 5) is 12.5. The Morgan fingerprint density at radius 3 is 2.18 bits per heavy atom. The van der Waals surface area contributed by atoms with Gasteiger partial charge in [0.1, 0.15) is 23.8 Å². The lowest BCUT2D eigenvalue weighted by molar-refractivity contribution is -0.418. The minimum absolute atomic E-state index is 0.423. The third-order valence-corrected chi connectivity index (χ3v) is 5.20. The summed E-state index contributed by atoms with van der Waals surface area (Å²) in [7, 11) is 6.10. The van der Waals surface area contributed by atoms with Gasteiger partial charge in [-0.2, -0.15) is 0 Å². The topological polar surface area (TPSA) is 140 Å². The number of anilines is 1. The van der Waals surface area contributed by atoms with Crippen LogP contribution in [0, 0.1) is 0 Å². The Kier molecular flexibility index (Phi) is 7.41. The lowest BCUT2D eigenvalue weighted by Crippen LogP contribution is -2.70. The number of hydrogen-bond acceptors (Lipinski definition) is 8. The number of nitrogens with zero attached hydrogens (tertiary/aromatic N) is 1. The smallest absolute Gasteiger partial charge is 0.285 e. The number of rotatable bonds is 9. The molecule has 10 nitrogen and oxygen atoms in total. The van der Waals surface area contributed by atoms with Crippen LogP contribution in [0.3, 0.4) is 0 Å². The van der Waals surface area contributed by atoms with Gasteiger partial charge in [0.2, 0.25) is 5.75 Å². The Morgan fingerprint density at radius 2 is 1.64 bits per heavy atom. The molecule has 176 valence electrons. The van der Waals surface area contributed by atoms with Crippen LogP contribution in [-0.4, -0.2) is 56.8 Å². The van der Waals surface area contributed by atoms with Crippen LogP contribution >= 0.6 is 0 Å². The minimum atomic E-state index is -0.899. The molecule has 2 atom stereocenters. The fraction of sp³-hybridized carbons (Fsp3) is 0.304. The molecule has 3 rings (SSSR count). The van der Waals surface area contributed by atoms with Crippen molar-refractivity contribution in [1.82, 2.24) is 5.16 Å². The van der Waals surface area contributed by atoms with Gasteiger partial charge in [0.25, 0.3) is 5.91 Å². The average molecular weight is 458 g/mol. The molecule has 1 heterocycles. The molecule has 2 unspecified atom stereocenters. The molecule has 5 N–H and O–H groups in total. The van der Waals surface area contributed by atoms with Crippen LogP contribution < -0.4 is 30.0 Å². The molecule has 2 aromatic carbocycles. The van der Waals surface area contributed by atoms with Gasteiger partial charge in [-0.05, 0) is 36.8 Å². The molecule has 10 heteroatoms. The highest BCUT2D eigenvalue weighted by molar-refractivity contribution is 5.96. The van der Waals surface area contributed by atoms with Gasteiger partial charge in [0, 0.05) is 11.1 Å². The van der Waals surface area contributed by atoms with Crippen molar-refractivity contribution in [3.05, 3.63) is 36.6 Å². The molecule has 0 aliphatic heterocycles. The van der Waals surface area contributed by atoms with Crippen LogP contribution in [0.15, 0.2) is 41.1 Å². The van der Waals surface area contributed by atoms with E-state index in [1.165, 1.54) is 41.6 Å². The first-order valence-corrected chi connectivity index (χ1v) is 10.1. The largest absolute Gasteiger partial charge is 0.495 e. The van der Waals surface area contributed by atoms with E-state index >= 15 is 0 Å². The van der Waals surface area contributed by atoms with E-state index in [9.17, 15) is 9.90 Å². The number of aromatic nitrogens is 1. The van der Waals surface area contributed by atoms with Crippen LogP contribution in [0.2, 0.25) is 0 Å². The third kappa shape index (κ3) is 4.86. The van der Waals surface area contributed by atoms with E-state index in [1.54, 1.807) is 24.3 Å². The van der Waals surface area contributed by atoms with E-state index in [-0.39, 0.29) is 0 Å². The summed E-state index contributed by atoms with van der Waals surface area (Å²) in [6.07, 6.45) is 0.607.